The van der Waals surface area contributed by atoms with E-state index in [-0.39, 0.29) is 18.6 Å². The molecular formula is C11H22N2O3. The number of carbonyl (C=O) groups excluding carboxylic acids is 1. The first-order valence-electron chi connectivity index (χ1n) is 5.86. The van der Waals surface area contributed by atoms with Crippen molar-refractivity contribution in [3.8, 4) is 0 Å². The average molecular weight is 230 g/mol. The smallest absolute Gasteiger partial charge is 0.248 e. The monoisotopic (exact) mass is 230 g/mol. The molecular weight excluding hydrogens is 208 g/mol. The van der Waals surface area contributed by atoms with Crippen molar-refractivity contribution in [2.24, 2.45) is 5.73 Å². The predicted octanol–water partition coefficient (Wildman–Crippen LogP) is -0.0108. The lowest BCUT2D eigenvalue weighted by Crippen LogP contribution is -2.42. The Kier molecular flexibility index (Phi) is 6.37. The molecule has 1 aliphatic rings. The molecule has 1 fully saturated rings. The van der Waals surface area contributed by atoms with Gasteiger partial charge in [0.1, 0.15) is 6.61 Å². The molecule has 0 saturated carbocycles. The molecule has 1 amide bonds. The molecule has 2 N–H and O–H groups in total. The molecule has 0 atom stereocenters. The van der Waals surface area contributed by atoms with Gasteiger partial charge >= 0.3 is 0 Å². The second-order valence-electron chi connectivity index (χ2n) is 4.03. The van der Waals surface area contributed by atoms with Crippen molar-refractivity contribution in [3.63, 3.8) is 0 Å². The number of likely N-dealkylation sites (tertiary alicyclic amines) is 1. The van der Waals surface area contributed by atoms with Crippen molar-refractivity contribution >= 4 is 5.91 Å². The van der Waals surface area contributed by atoms with Crippen molar-refractivity contribution in [2.45, 2.75) is 25.4 Å². The molecule has 5 heteroatoms. The Labute approximate surface area is 96.9 Å². The number of hydrogen-bond acceptors (Lipinski definition) is 4. The average Bonchev–Trinajstić information content (AvgIpc) is 2.30. The van der Waals surface area contributed by atoms with Crippen molar-refractivity contribution in [1.29, 1.82) is 0 Å². The summed E-state index contributed by atoms with van der Waals surface area (Å²) in [7, 11) is 1.54. The van der Waals surface area contributed by atoms with Crippen molar-refractivity contribution in [2.75, 3.05) is 40.0 Å². The van der Waals surface area contributed by atoms with E-state index in [1.165, 1.54) is 0 Å². The minimum atomic E-state index is 0.0721. The number of amides is 1. The van der Waals surface area contributed by atoms with Crippen LogP contribution in [0.2, 0.25) is 0 Å². The van der Waals surface area contributed by atoms with Crippen LogP contribution in [0.3, 0.4) is 0 Å². The number of piperidine rings is 1. The highest BCUT2D eigenvalue weighted by Crippen LogP contribution is 2.13. The van der Waals surface area contributed by atoms with Crippen LogP contribution in [0, 0.1) is 0 Å². The van der Waals surface area contributed by atoms with Crippen LogP contribution in [0.25, 0.3) is 0 Å². The lowest BCUT2D eigenvalue weighted by molar-refractivity contribution is -0.137. The Morgan fingerprint density at radius 1 is 1.44 bits per heavy atom. The SMILES string of the molecule is COCC(=O)N1CCC(OCCCN)CC1. The lowest BCUT2D eigenvalue weighted by atomic mass is 10.1. The molecule has 94 valence electrons. The van der Waals surface area contributed by atoms with E-state index in [2.05, 4.69) is 0 Å². The van der Waals surface area contributed by atoms with Crippen LogP contribution < -0.4 is 5.73 Å². The van der Waals surface area contributed by atoms with E-state index in [0.29, 0.717) is 6.54 Å². The van der Waals surface area contributed by atoms with Crippen LogP contribution in [0.4, 0.5) is 0 Å². The van der Waals surface area contributed by atoms with Crippen LogP contribution in [0.1, 0.15) is 19.3 Å². The Bertz CT molecular complexity index is 203. The second-order valence-corrected chi connectivity index (χ2v) is 4.03. The molecule has 1 heterocycles. The highest BCUT2D eigenvalue weighted by atomic mass is 16.5. The van der Waals surface area contributed by atoms with Crippen molar-refractivity contribution < 1.29 is 14.3 Å². The van der Waals surface area contributed by atoms with Gasteiger partial charge in [-0.05, 0) is 25.8 Å². The zero-order valence-electron chi connectivity index (χ0n) is 9.98. The fourth-order valence-electron chi connectivity index (χ4n) is 1.82. The highest BCUT2D eigenvalue weighted by Gasteiger charge is 2.22. The summed E-state index contributed by atoms with van der Waals surface area (Å²) in [5.74, 6) is 0.0721. The first-order chi connectivity index (χ1) is 7.77. The van der Waals surface area contributed by atoms with Gasteiger partial charge < -0.3 is 20.1 Å². The number of methoxy groups -OCH3 is 1. The number of ether oxygens (including phenoxy) is 2. The van der Waals surface area contributed by atoms with Gasteiger partial charge in [-0.1, -0.05) is 0 Å². The van der Waals surface area contributed by atoms with E-state index in [9.17, 15) is 4.79 Å². The fourth-order valence-corrected chi connectivity index (χ4v) is 1.82. The van der Waals surface area contributed by atoms with Gasteiger partial charge in [0.15, 0.2) is 0 Å². The molecule has 0 bridgehead atoms. The van der Waals surface area contributed by atoms with E-state index in [1.807, 2.05) is 4.90 Å². The van der Waals surface area contributed by atoms with Crippen LogP contribution >= 0.6 is 0 Å². The first kappa shape index (κ1) is 13.4. The summed E-state index contributed by atoms with van der Waals surface area (Å²) in [6, 6.07) is 0. The maximum atomic E-state index is 11.5. The third kappa shape index (κ3) is 4.47. The summed E-state index contributed by atoms with van der Waals surface area (Å²) >= 11 is 0. The largest absolute Gasteiger partial charge is 0.378 e. The molecule has 0 radical (unpaired) electrons. The van der Waals surface area contributed by atoms with Gasteiger partial charge in [0.25, 0.3) is 0 Å². The molecule has 1 saturated heterocycles. The Morgan fingerprint density at radius 3 is 2.69 bits per heavy atom. The van der Waals surface area contributed by atoms with Gasteiger partial charge in [0.2, 0.25) is 5.91 Å². The lowest BCUT2D eigenvalue weighted by Gasteiger charge is -2.31. The summed E-state index contributed by atoms with van der Waals surface area (Å²) in [4.78, 5) is 13.3. The number of carbonyl (C=O) groups is 1. The van der Waals surface area contributed by atoms with Crippen molar-refractivity contribution in [1.82, 2.24) is 4.90 Å². The molecule has 0 spiro atoms. The molecule has 5 nitrogen and oxygen atoms in total. The van der Waals surface area contributed by atoms with Crippen LogP contribution in [-0.2, 0) is 14.3 Å². The minimum Gasteiger partial charge on any atom is -0.378 e. The van der Waals surface area contributed by atoms with Gasteiger partial charge in [-0.15, -0.1) is 0 Å². The van der Waals surface area contributed by atoms with E-state index in [0.717, 1.165) is 39.0 Å². The van der Waals surface area contributed by atoms with Gasteiger partial charge in [0.05, 0.1) is 6.10 Å². The third-order valence-electron chi connectivity index (χ3n) is 2.76. The van der Waals surface area contributed by atoms with Gasteiger partial charge in [-0.2, -0.15) is 0 Å². The Balaban J connectivity index is 2.15. The maximum Gasteiger partial charge on any atom is 0.248 e. The Hall–Kier alpha value is -0.650. The number of rotatable bonds is 6. The van der Waals surface area contributed by atoms with Crippen molar-refractivity contribution in [3.05, 3.63) is 0 Å². The third-order valence-corrected chi connectivity index (χ3v) is 2.76. The molecule has 1 rings (SSSR count). The molecule has 0 aromatic rings. The van der Waals surface area contributed by atoms with Gasteiger partial charge in [-0.3, -0.25) is 4.79 Å². The zero-order valence-corrected chi connectivity index (χ0v) is 9.98. The van der Waals surface area contributed by atoms with E-state index in [4.69, 9.17) is 15.2 Å². The summed E-state index contributed by atoms with van der Waals surface area (Å²) in [6.45, 7) is 3.13. The number of hydrogen-bond donors (Lipinski definition) is 1. The summed E-state index contributed by atoms with van der Waals surface area (Å²) in [6.07, 6.45) is 3.03. The summed E-state index contributed by atoms with van der Waals surface area (Å²) < 4.78 is 10.5. The normalized spacial score (nSPS) is 17.8. The van der Waals surface area contributed by atoms with Gasteiger partial charge in [0, 0.05) is 26.8 Å². The maximum absolute atomic E-state index is 11.5. The molecule has 16 heavy (non-hydrogen) atoms. The molecule has 0 aliphatic carbocycles. The fraction of sp³-hybridized carbons (Fsp3) is 0.909. The van der Waals surface area contributed by atoms with Crippen LogP contribution in [0.5, 0.6) is 0 Å². The van der Waals surface area contributed by atoms with Crippen LogP contribution in [-0.4, -0.2) is 56.9 Å². The topological polar surface area (TPSA) is 64.8 Å². The summed E-state index contributed by atoms with van der Waals surface area (Å²) in [5, 5.41) is 0. The quantitative estimate of drug-likeness (QED) is 0.652. The molecule has 0 unspecified atom stereocenters. The first-order valence-corrected chi connectivity index (χ1v) is 5.86. The predicted molar refractivity (Wildman–Crippen MR) is 61.1 cm³/mol. The van der Waals surface area contributed by atoms with E-state index >= 15 is 0 Å². The van der Waals surface area contributed by atoms with Crippen LogP contribution in [0.15, 0.2) is 0 Å². The van der Waals surface area contributed by atoms with E-state index in [1.54, 1.807) is 7.11 Å². The second kappa shape index (κ2) is 7.60. The molecule has 0 aromatic heterocycles. The number of nitrogens with zero attached hydrogens (tertiary/aromatic N) is 1. The van der Waals surface area contributed by atoms with Gasteiger partial charge in [-0.25, -0.2) is 0 Å². The minimum absolute atomic E-state index is 0.0721. The standard InChI is InChI=1S/C11H22N2O3/c1-15-9-11(14)13-6-3-10(4-7-13)16-8-2-5-12/h10H,2-9,12H2,1H3. The van der Waals surface area contributed by atoms with E-state index < -0.39 is 0 Å². The molecule has 1 aliphatic heterocycles. The molecule has 0 aromatic carbocycles. The highest BCUT2D eigenvalue weighted by molar-refractivity contribution is 5.77. The summed E-state index contributed by atoms with van der Waals surface area (Å²) in [5.41, 5.74) is 5.39. The zero-order chi connectivity index (χ0) is 11.8. The Morgan fingerprint density at radius 2 is 2.12 bits per heavy atom. The number of nitrogens with two attached hydrogens (primary N) is 1.